The zero-order chi connectivity index (χ0) is 13.0. The Bertz CT molecular complexity index is 492. The van der Waals surface area contributed by atoms with Gasteiger partial charge in [-0.15, -0.1) is 0 Å². The summed E-state index contributed by atoms with van der Waals surface area (Å²) < 4.78 is 0.486. The van der Waals surface area contributed by atoms with Crippen molar-refractivity contribution in [3.05, 3.63) is 32.8 Å². The summed E-state index contributed by atoms with van der Waals surface area (Å²) in [5.41, 5.74) is 0.502. The van der Waals surface area contributed by atoms with Crippen molar-refractivity contribution in [3.8, 4) is 0 Å². The van der Waals surface area contributed by atoms with Crippen molar-refractivity contribution in [2.45, 2.75) is 6.92 Å². The van der Waals surface area contributed by atoms with Crippen LogP contribution in [0.1, 0.15) is 6.92 Å². The summed E-state index contributed by atoms with van der Waals surface area (Å²) in [7, 11) is 0. The molecule has 0 saturated heterocycles. The molecule has 2 N–H and O–H groups in total. The molecular weight excluding hydrogens is 310 g/mol. The van der Waals surface area contributed by atoms with Crippen molar-refractivity contribution >= 4 is 50.5 Å². The molecule has 1 aromatic rings. The van der Waals surface area contributed by atoms with Gasteiger partial charge in [0.05, 0.1) is 10.6 Å². The van der Waals surface area contributed by atoms with Crippen molar-refractivity contribution in [3.63, 3.8) is 0 Å². The van der Waals surface area contributed by atoms with Crippen molar-refractivity contribution in [1.82, 2.24) is 5.32 Å². The van der Waals surface area contributed by atoms with E-state index in [-0.39, 0.29) is 16.7 Å². The van der Waals surface area contributed by atoms with Gasteiger partial charge in [0.2, 0.25) is 5.91 Å². The molecule has 0 aliphatic carbocycles. The maximum atomic E-state index is 10.7. The highest BCUT2D eigenvalue weighted by molar-refractivity contribution is 9.10. The number of hydrogen-bond donors (Lipinski definition) is 2. The van der Waals surface area contributed by atoms with Gasteiger partial charge < -0.3 is 10.6 Å². The van der Waals surface area contributed by atoms with Gasteiger partial charge in [-0.2, -0.15) is 0 Å². The van der Waals surface area contributed by atoms with Crippen LogP contribution in [0.2, 0.25) is 0 Å². The van der Waals surface area contributed by atoms with Gasteiger partial charge >= 0.3 is 0 Å². The van der Waals surface area contributed by atoms with Gasteiger partial charge in [-0.1, -0.05) is 0 Å². The molecule has 6 nitrogen and oxygen atoms in total. The van der Waals surface area contributed by atoms with E-state index >= 15 is 0 Å². The fourth-order valence-corrected chi connectivity index (χ4v) is 1.75. The van der Waals surface area contributed by atoms with Crippen LogP contribution < -0.4 is 10.6 Å². The monoisotopic (exact) mass is 317 g/mol. The Morgan fingerprint density at radius 2 is 2.18 bits per heavy atom. The fraction of sp³-hybridized carbons (Fsp3) is 0.111. The molecule has 1 aromatic carbocycles. The van der Waals surface area contributed by atoms with E-state index in [9.17, 15) is 14.9 Å². The molecule has 0 radical (unpaired) electrons. The van der Waals surface area contributed by atoms with E-state index in [0.29, 0.717) is 10.2 Å². The SMILES string of the molecule is CC(=O)NC(=S)Nc1ccc([N+](=O)[O-])cc1Br. The number of nitro benzene ring substituents is 1. The number of halogens is 1. The molecule has 0 aliphatic rings. The summed E-state index contributed by atoms with van der Waals surface area (Å²) >= 11 is 8.03. The molecule has 0 atom stereocenters. The maximum absolute atomic E-state index is 10.7. The molecule has 17 heavy (non-hydrogen) atoms. The summed E-state index contributed by atoms with van der Waals surface area (Å²) in [6.45, 7) is 1.33. The van der Waals surface area contributed by atoms with E-state index in [1.807, 2.05) is 0 Å². The van der Waals surface area contributed by atoms with Gasteiger partial charge in [0.1, 0.15) is 0 Å². The number of benzene rings is 1. The number of rotatable bonds is 2. The molecule has 0 bridgehead atoms. The van der Waals surface area contributed by atoms with Crippen LogP contribution in [0.15, 0.2) is 22.7 Å². The van der Waals surface area contributed by atoms with Crippen LogP contribution in [0.4, 0.5) is 11.4 Å². The molecule has 0 heterocycles. The summed E-state index contributed by atoms with van der Waals surface area (Å²) in [6, 6.07) is 4.18. The number of nitrogens with one attached hydrogen (secondary N) is 2. The number of carbonyl (C=O) groups is 1. The lowest BCUT2D eigenvalue weighted by molar-refractivity contribution is -0.384. The first-order valence-electron chi connectivity index (χ1n) is 4.42. The van der Waals surface area contributed by atoms with Crippen molar-refractivity contribution < 1.29 is 9.72 Å². The highest BCUT2D eigenvalue weighted by Gasteiger charge is 2.10. The van der Waals surface area contributed by atoms with E-state index in [4.69, 9.17) is 12.2 Å². The van der Waals surface area contributed by atoms with Crippen LogP contribution in [-0.2, 0) is 4.79 Å². The van der Waals surface area contributed by atoms with Gasteiger partial charge in [0, 0.05) is 23.5 Å². The largest absolute Gasteiger partial charge is 0.331 e. The summed E-state index contributed by atoms with van der Waals surface area (Å²) in [6.07, 6.45) is 0. The first-order chi connectivity index (χ1) is 7.90. The zero-order valence-electron chi connectivity index (χ0n) is 8.69. The number of carbonyl (C=O) groups excluding carboxylic acids is 1. The van der Waals surface area contributed by atoms with Gasteiger partial charge in [0.15, 0.2) is 5.11 Å². The number of nitrogens with zero attached hydrogens (tertiary/aromatic N) is 1. The second-order valence-corrected chi connectivity index (χ2v) is 4.32. The van der Waals surface area contributed by atoms with E-state index in [1.165, 1.54) is 25.1 Å². The zero-order valence-corrected chi connectivity index (χ0v) is 11.1. The van der Waals surface area contributed by atoms with Gasteiger partial charge in [-0.25, -0.2) is 0 Å². The molecular formula is C9H8BrN3O3S. The Balaban J connectivity index is 2.83. The Labute approximate surface area is 111 Å². The summed E-state index contributed by atoms with van der Waals surface area (Å²) in [5, 5.41) is 15.8. The molecule has 0 aliphatic heterocycles. The fourth-order valence-electron chi connectivity index (χ4n) is 1.03. The maximum Gasteiger partial charge on any atom is 0.270 e. The number of non-ortho nitro benzene ring substituents is 1. The first-order valence-corrected chi connectivity index (χ1v) is 5.63. The van der Waals surface area contributed by atoms with Gasteiger partial charge in [-0.3, -0.25) is 14.9 Å². The first kappa shape index (κ1) is 13.5. The third kappa shape index (κ3) is 4.08. The van der Waals surface area contributed by atoms with Crippen LogP contribution in [0, 0.1) is 10.1 Å². The van der Waals surface area contributed by atoms with Crippen LogP contribution in [0.3, 0.4) is 0 Å². The average molecular weight is 318 g/mol. The number of hydrogen-bond acceptors (Lipinski definition) is 4. The molecule has 0 aromatic heterocycles. The van der Waals surface area contributed by atoms with E-state index in [0.717, 1.165) is 0 Å². The third-order valence-electron chi connectivity index (χ3n) is 1.70. The topological polar surface area (TPSA) is 84.3 Å². The average Bonchev–Trinajstić information content (AvgIpc) is 2.19. The standard InChI is InChI=1S/C9H8BrN3O3S/c1-5(14)11-9(17)12-8-3-2-6(13(15)16)4-7(8)10/h2-4H,1H3,(H2,11,12,14,17). The van der Waals surface area contributed by atoms with E-state index < -0.39 is 4.92 Å². The molecule has 0 spiro atoms. The Morgan fingerprint density at radius 1 is 1.53 bits per heavy atom. The lowest BCUT2D eigenvalue weighted by Gasteiger charge is -2.09. The highest BCUT2D eigenvalue weighted by atomic mass is 79.9. The number of anilines is 1. The Morgan fingerprint density at radius 3 is 2.65 bits per heavy atom. The summed E-state index contributed by atoms with van der Waals surface area (Å²) in [4.78, 5) is 20.7. The van der Waals surface area contributed by atoms with Crippen LogP contribution in [0.5, 0.6) is 0 Å². The minimum atomic E-state index is -0.499. The van der Waals surface area contributed by atoms with E-state index in [1.54, 1.807) is 0 Å². The van der Waals surface area contributed by atoms with Crippen LogP contribution >= 0.6 is 28.1 Å². The Kier molecular flexibility index (Phi) is 4.53. The second kappa shape index (κ2) is 5.69. The number of thiocarbonyl (C=S) groups is 1. The smallest absolute Gasteiger partial charge is 0.270 e. The van der Waals surface area contributed by atoms with E-state index in [2.05, 4.69) is 26.6 Å². The van der Waals surface area contributed by atoms with Crippen molar-refractivity contribution in [1.29, 1.82) is 0 Å². The van der Waals surface area contributed by atoms with Gasteiger partial charge in [-0.05, 0) is 34.2 Å². The predicted molar refractivity (Wildman–Crippen MR) is 70.8 cm³/mol. The number of amides is 1. The molecule has 0 saturated carbocycles. The highest BCUT2D eigenvalue weighted by Crippen LogP contribution is 2.26. The Hall–Kier alpha value is -1.54. The van der Waals surface area contributed by atoms with Gasteiger partial charge in [0.25, 0.3) is 5.69 Å². The normalized spacial score (nSPS) is 9.53. The minimum Gasteiger partial charge on any atom is -0.331 e. The van der Waals surface area contributed by atoms with Crippen LogP contribution in [0.25, 0.3) is 0 Å². The molecule has 1 amide bonds. The molecule has 0 unspecified atom stereocenters. The molecule has 8 heteroatoms. The third-order valence-corrected chi connectivity index (χ3v) is 2.56. The molecule has 1 rings (SSSR count). The summed E-state index contributed by atoms with van der Waals surface area (Å²) in [5.74, 6) is -0.291. The minimum absolute atomic E-state index is 0.0344. The predicted octanol–water partition coefficient (Wildman–Crippen LogP) is 2.19. The lowest BCUT2D eigenvalue weighted by atomic mass is 10.3. The molecule has 0 fully saturated rings. The van der Waals surface area contributed by atoms with Crippen LogP contribution in [-0.4, -0.2) is 15.9 Å². The van der Waals surface area contributed by atoms with Crippen molar-refractivity contribution in [2.24, 2.45) is 0 Å². The number of nitro groups is 1. The van der Waals surface area contributed by atoms with Crippen molar-refractivity contribution in [2.75, 3.05) is 5.32 Å². The molecule has 90 valence electrons. The second-order valence-electron chi connectivity index (χ2n) is 3.06. The lowest BCUT2D eigenvalue weighted by Crippen LogP contribution is -2.32. The quantitative estimate of drug-likeness (QED) is 0.496.